The summed E-state index contributed by atoms with van der Waals surface area (Å²) in [5.74, 6) is 0.622. The van der Waals surface area contributed by atoms with Gasteiger partial charge in [-0.3, -0.25) is 4.79 Å². The molecule has 0 saturated heterocycles. The van der Waals surface area contributed by atoms with Gasteiger partial charge in [0.05, 0.1) is 18.7 Å². The van der Waals surface area contributed by atoms with Crippen LogP contribution in [-0.4, -0.2) is 28.9 Å². The molecule has 0 fully saturated rings. The van der Waals surface area contributed by atoms with Crippen LogP contribution in [0.4, 0.5) is 0 Å². The van der Waals surface area contributed by atoms with Crippen LogP contribution in [0.3, 0.4) is 0 Å². The lowest BCUT2D eigenvalue weighted by Gasteiger charge is -2.09. The Hall–Kier alpha value is -3.18. The summed E-state index contributed by atoms with van der Waals surface area (Å²) >= 11 is 5.95. The fourth-order valence-electron chi connectivity index (χ4n) is 3.57. The van der Waals surface area contributed by atoms with Gasteiger partial charge in [0.15, 0.2) is 0 Å². The third-order valence-electron chi connectivity index (χ3n) is 4.91. The predicted molar refractivity (Wildman–Crippen MR) is 119 cm³/mol. The molecule has 0 aliphatic carbocycles. The van der Waals surface area contributed by atoms with Gasteiger partial charge in [0, 0.05) is 27.4 Å². The molecular weight excluding hydrogens is 402 g/mol. The van der Waals surface area contributed by atoms with E-state index in [9.17, 15) is 9.90 Å². The first kappa shape index (κ1) is 20.1. The lowest BCUT2D eigenvalue weighted by molar-refractivity contribution is -0.137. The van der Waals surface area contributed by atoms with Crippen molar-refractivity contribution in [2.45, 2.75) is 19.4 Å². The number of hydrogen-bond acceptors (Lipinski definition) is 3. The maximum absolute atomic E-state index is 11.4. The average Bonchev–Trinajstić information content (AvgIpc) is 3.03. The third kappa shape index (κ3) is 4.52. The Morgan fingerprint density at radius 2 is 1.53 bits per heavy atom. The number of unbranched alkanes of at least 4 members (excludes halogenated alkanes) is 1. The molecule has 1 aromatic heterocycles. The van der Waals surface area contributed by atoms with Crippen molar-refractivity contribution in [3.63, 3.8) is 0 Å². The number of rotatable bonds is 9. The maximum atomic E-state index is 11.4. The molecule has 0 aliphatic heterocycles. The summed E-state index contributed by atoms with van der Waals surface area (Å²) in [4.78, 5) is 11.4. The molecule has 0 saturated carbocycles. The number of carbonyl (C=O) groups is 1. The molecule has 154 valence electrons. The van der Waals surface area contributed by atoms with Crippen molar-refractivity contribution >= 4 is 39.4 Å². The number of carboxylic acids is 1. The fraction of sp³-hybridized carbons (Fsp3) is 0.208. The number of halogens is 1. The van der Waals surface area contributed by atoms with Crippen LogP contribution in [0.1, 0.15) is 12.8 Å². The molecule has 1 N–H and O–H groups in total. The minimum absolute atomic E-state index is 0.0890. The molecule has 0 radical (unpaired) electrons. The van der Waals surface area contributed by atoms with E-state index >= 15 is 0 Å². The molecule has 5 nitrogen and oxygen atoms in total. The minimum atomic E-state index is -0.872. The molecule has 1 heterocycles. The van der Waals surface area contributed by atoms with Gasteiger partial charge in [0.2, 0.25) is 0 Å². The number of ether oxygens (including phenoxy) is 2. The highest BCUT2D eigenvalue weighted by Gasteiger charge is 2.13. The van der Waals surface area contributed by atoms with Crippen molar-refractivity contribution in [2.75, 3.05) is 13.2 Å². The van der Waals surface area contributed by atoms with Gasteiger partial charge in [-0.1, -0.05) is 35.9 Å². The van der Waals surface area contributed by atoms with Gasteiger partial charge in [-0.25, -0.2) is 0 Å². The molecule has 4 rings (SSSR count). The number of aliphatic carboxylic acids is 1. The lowest BCUT2D eigenvalue weighted by atomic mass is 10.1. The van der Waals surface area contributed by atoms with E-state index in [0.717, 1.165) is 46.1 Å². The normalized spacial score (nSPS) is 11.1. The van der Waals surface area contributed by atoms with Gasteiger partial charge >= 0.3 is 5.97 Å². The molecule has 30 heavy (non-hydrogen) atoms. The first-order valence-electron chi connectivity index (χ1n) is 9.86. The third-order valence-corrected chi connectivity index (χ3v) is 5.15. The highest BCUT2D eigenvalue weighted by Crippen LogP contribution is 2.31. The van der Waals surface area contributed by atoms with Gasteiger partial charge < -0.3 is 19.1 Å². The van der Waals surface area contributed by atoms with Gasteiger partial charge in [-0.15, -0.1) is 0 Å². The first-order chi connectivity index (χ1) is 14.6. The van der Waals surface area contributed by atoms with Crippen LogP contribution in [0.5, 0.6) is 11.5 Å². The molecule has 0 unspecified atom stereocenters. The predicted octanol–water partition coefficient (Wildman–Crippen LogP) is 5.77. The van der Waals surface area contributed by atoms with E-state index in [1.807, 2.05) is 65.2 Å². The summed E-state index contributed by atoms with van der Waals surface area (Å²) < 4.78 is 13.4. The molecule has 4 aromatic rings. The Morgan fingerprint density at radius 3 is 2.27 bits per heavy atom. The highest BCUT2D eigenvalue weighted by molar-refractivity contribution is 6.30. The Bertz CT molecular complexity index is 1180. The number of fused-ring (bicyclic) bond motifs is 3. The second kappa shape index (κ2) is 9.09. The van der Waals surface area contributed by atoms with E-state index in [4.69, 9.17) is 21.1 Å². The monoisotopic (exact) mass is 423 g/mol. The van der Waals surface area contributed by atoms with Gasteiger partial charge in [-0.05, 0) is 49.2 Å². The number of benzene rings is 3. The van der Waals surface area contributed by atoms with E-state index < -0.39 is 5.97 Å². The van der Waals surface area contributed by atoms with E-state index in [1.54, 1.807) is 6.07 Å². The molecular formula is C24H22ClNO4. The van der Waals surface area contributed by atoms with Crippen LogP contribution in [0, 0.1) is 0 Å². The van der Waals surface area contributed by atoms with E-state index in [2.05, 4.69) is 0 Å². The maximum Gasteiger partial charge on any atom is 0.323 e. The topological polar surface area (TPSA) is 60.7 Å². The second-order valence-corrected chi connectivity index (χ2v) is 7.47. The molecule has 0 spiro atoms. The van der Waals surface area contributed by atoms with Gasteiger partial charge in [-0.2, -0.15) is 0 Å². The van der Waals surface area contributed by atoms with E-state index in [0.29, 0.717) is 18.2 Å². The van der Waals surface area contributed by atoms with E-state index in [-0.39, 0.29) is 6.54 Å². The summed E-state index contributed by atoms with van der Waals surface area (Å²) in [6.07, 6.45) is 1.70. The van der Waals surface area contributed by atoms with Crippen LogP contribution in [0.15, 0.2) is 66.7 Å². The van der Waals surface area contributed by atoms with Crippen molar-refractivity contribution in [1.82, 2.24) is 4.57 Å². The van der Waals surface area contributed by atoms with Crippen LogP contribution in [0.25, 0.3) is 21.8 Å². The smallest absolute Gasteiger partial charge is 0.323 e. The van der Waals surface area contributed by atoms with Gasteiger partial charge in [0.1, 0.15) is 18.0 Å². The second-order valence-electron chi connectivity index (χ2n) is 7.04. The zero-order valence-electron chi connectivity index (χ0n) is 16.4. The lowest BCUT2D eigenvalue weighted by Crippen LogP contribution is -2.08. The van der Waals surface area contributed by atoms with Crippen LogP contribution in [0.2, 0.25) is 5.02 Å². The Morgan fingerprint density at radius 1 is 0.833 bits per heavy atom. The number of hydrogen-bond donors (Lipinski definition) is 1. The molecule has 3 aromatic carbocycles. The quantitative estimate of drug-likeness (QED) is 0.347. The number of para-hydroxylation sites is 1. The summed E-state index contributed by atoms with van der Waals surface area (Å²) in [7, 11) is 0. The van der Waals surface area contributed by atoms with Crippen molar-refractivity contribution in [2.24, 2.45) is 0 Å². The van der Waals surface area contributed by atoms with Gasteiger partial charge in [0.25, 0.3) is 0 Å². The molecule has 0 bridgehead atoms. The first-order valence-corrected chi connectivity index (χ1v) is 10.2. The zero-order valence-corrected chi connectivity index (χ0v) is 17.1. The fourth-order valence-corrected chi connectivity index (χ4v) is 3.75. The Labute approximate surface area is 179 Å². The number of nitrogens with zero attached hydrogens (tertiary/aromatic N) is 1. The van der Waals surface area contributed by atoms with Crippen LogP contribution in [-0.2, 0) is 11.3 Å². The number of carboxylic acid groups (broad SMARTS) is 1. The SMILES string of the molecule is O=C(O)Cn1c2ccccc2c2ccc(OCCCCOc3cccc(Cl)c3)cc21. The average molecular weight is 424 g/mol. The summed E-state index contributed by atoms with van der Waals surface area (Å²) in [6.45, 7) is 1.06. The number of aromatic nitrogens is 1. The minimum Gasteiger partial charge on any atom is -0.494 e. The van der Waals surface area contributed by atoms with Crippen molar-refractivity contribution < 1.29 is 19.4 Å². The molecule has 0 aliphatic rings. The van der Waals surface area contributed by atoms with Crippen LogP contribution < -0.4 is 9.47 Å². The summed E-state index contributed by atoms with van der Waals surface area (Å²) in [6, 6.07) is 21.0. The van der Waals surface area contributed by atoms with E-state index in [1.165, 1.54) is 0 Å². The standard InChI is InChI=1S/C24H22ClNO4/c25-17-6-5-7-18(14-17)29-12-3-4-13-30-19-10-11-21-20-8-1-2-9-22(20)26(16-24(27)28)23(21)15-19/h1-2,5-11,14-15H,3-4,12-13,16H2,(H,27,28). The Kier molecular flexibility index (Phi) is 6.10. The summed E-state index contributed by atoms with van der Waals surface area (Å²) in [5, 5.41) is 12.0. The van der Waals surface area contributed by atoms with Crippen LogP contribution >= 0.6 is 11.6 Å². The molecule has 6 heteroatoms. The molecule has 0 amide bonds. The van der Waals surface area contributed by atoms with Crippen molar-refractivity contribution in [1.29, 1.82) is 0 Å². The Balaban J connectivity index is 1.39. The van der Waals surface area contributed by atoms with Crippen molar-refractivity contribution in [3.05, 3.63) is 71.8 Å². The largest absolute Gasteiger partial charge is 0.494 e. The molecule has 0 atom stereocenters. The van der Waals surface area contributed by atoms with Crippen molar-refractivity contribution in [3.8, 4) is 11.5 Å². The highest BCUT2D eigenvalue weighted by atomic mass is 35.5. The summed E-state index contributed by atoms with van der Waals surface area (Å²) in [5.41, 5.74) is 1.77. The zero-order chi connectivity index (χ0) is 20.9.